The smallest absolute Gasteiger partial charge is 0.161 e. The Kier molecular flexibility index (Phi) is 6.57. The molecule has 0 spiro atoms. The van der Waals surface area contributed by atoms with E-state index in [1.807, 2.05) is 12.1 Å². The normalized spacial score (nSPS) is 14.7. The summed E-state index contributed by atoms with van der Waals surface area (Å²) in [7, 11) is 5.48. The summed E-state index contributed by atoms with van der Waals surface area (Å²) in [6.45, 7) is 1.83. The van der Waals surface area contributed by atoms with E-state index in [0.29, 0.717) is 5.75 Å². The molecule has 0 bridgehead atoms. The van der Waals surface area contributed by atoms with Crippen LogP contribution in [-0.2, 0) is 25.8 Å². The van der Waals surface area contributed by atoms with Crippen LogP contribution < -0.4 is 9.47 Å². The highest BCUT2D eigenvalue weighted by Crippen LogP contribution is 2.32. The van der Waals surface area contributed by atoms with Crippen molar-refractivity contribution in [3.05, 3.63) is 52.6 Å². The molecule has 3 rings (SSSR count). The van der Waals surface area contributed by atoms with Gasteiger partial charge in [0, 0.05) is 13.1 Å². The molecule has 0 saturated carbocycles. The number of hydrogen-bond acceptors (Lipinski definition) is 4. The molecule has 0 aliphatic carbocycles. The average molecular weight is 364 g/mol. The average Bonchev–Trinajstić information content (AvgIpc) is 2.59. The number of likely N-dealkylation sites (N-methyl/N-ethyl adjacent to an activating group) is 1. The number of aromatic hydroxyl groups is 1. The number of halogens is 1. The van der Waals surface area contributed by atoms with Crippen LogP contribution in [0.2, 0.25) is 0 Å². The van der Waals surface area contributed by atoms with Gasteiger partial charge in [0.2, 0.25) is 0 Å². The number of rotatable bonds is 2. The van der Waals surface area contributed by atoms with Gasteiger partial charge < -0.3 is 19.5 Å². The molecular weight excluding hydrogens is 338 g/mol. The maximum absolute atomic E-state index is 9.78. The van der Waals surface area contributed by atoms with Crippen LogP contribution in [0.15, 0.2) is 30.3 Å². The van der Waals surface area contributed by atoms with Gasteiger partial charge in [-0.25, -0.2) is 0 Å². The van der Waals surface area contributed by atoms with E-state index >= 15 is 0 Å². The summed E-state index contributed by atoms with van der Waals surface area (Å²) in [5.41, 5.74) is 5.13. The van der Waals surface area contributed by atoms with Crippen molar-refractivity contribution in [2.24, 2.45) is 0 Å². The first kappa shape index (κ1) is 19.4. The van der Waals surface area contributed by atoms with E-state index in [1.165, 1.54) is 22.3 Å². The van der Waals surface area contributed by atoms with Gasteiger partial charge in [0.1, 0.15) is 5.75 Å². The molecule has 4 nitrogen and oxygen atoms in total. The minimum Gasteiger partial charge on any atom is -0.508 e. The predicted octanol–water partition coefficient (Wildman–Crippen LogP) is 3.60. The molecule has 1 N–H and O–H groups in total. The lowest BCUT2D eigenvalue weighted by molar-refractivity contribution is 0.324. The predicted molar refractivity (Wildman–Crippen MR) is 102 cm³/mol. The van der Waals surface area contributed by atoms with E-state index in [9.17, 15) is 5.11 Å². The molecule has 0 fully saturated rings. The van der Waals surface area contributed by atoms with Crippen LogP contribution in [0.4, 0.5) is 0 Å². The highest BCUT2D eigenvalue weighted by molar-refractivity contribution is 5.85. The molecule has 25 heavy (non-hydrogen) atoms. The van der Waals surface area contributed by atoms with Crippen LogP contribution in [-0.4, -0.2) is 37.8 Å². The largest absolute Gasteiger partial charge is 0.508 e. The van der Waals surface area contributed by atoms with Gasteiger partial charge in [-0.3, -0.25) is 0 Å². The second-order valence-electron chi connectivity index (χ2n) is 6.42. The fraction of sp³-hybridized carbons (Fsp3) is 0.400. The Morgan fingerprint density at radius 2 is 1.44 bits per heavy atom. The van der Waals surface area contributed by atoms with Crippen molar-refractivity contribution in [2.75, 3.05) is 27.8 Å². The molecule has 5 heteroatoms. The van der Waals surface area contributed by atoms with E-state index in [-0.39, 0.29) is 12.4 Å². The number of nitrogens with zero attached hydrogens (tertiary/aromatic N) is 1. The van der Waals surface area contributed by atoms with Crippen LogP contribution in [0.5, 0.6) is 17.2 Å². The third-order valence-corrected chi connectivity index (χ3v) is 4.76. The van der Waals surface area contributed by atoms with Crippen molar-refractivity contribution in [1.29, 1.82) is 0 Å². The van der Waals surface area contributed by atoms with Crippen LogP contribution >= 0.6 is 12.4 Å². The van der Waals surface area contributed by atoms with Gasteiger partial charge in [0.25, 0.3) is 0 Å². The molecule has 2 aromatic rings. The number of methoxy groups -OCH3 is 2. The molecule has 0 amide bonds. The van der Waals surface area contributed by atoms with Crippen molar-refractivity contribution >= 4 is 12.4 Å². The molecule has 0 unspecified atom stereocenters. The van der Waals surface area contributed by atoms with E-state index in [4.69, 9.17) is 9.47 Å². The number of phenolic OH excluding ortho intramolecular Hbond substituents is 1. The Morgan fingerprint density at radius 1 is 0.840 bits per heavy atom. The number of ether oxygens (including phenoxy) is 2. The quantitative estimate of drug-likeness (QED) is 0.885. The van der Waals surface area contributed by atoms with Crippen molar-refractivity contribution in [1.82, 2.24) is 4.90 Å². The summed E-state index contributed by atoms with van der Waals surface area (Å²) < 4.78 is 10.9. The molecule has 2 aromatic carbocycles. The maximum atomic E-state index is 9.78. The van der Waals surface area contributed by atoms with E-state index in [2.05, 4.69) is 24.1 Å². The Morgan fingerprint density at radius 3 is 2.12 bits per heavy atom. The molecule has 1 aliphatic rings. The number of aryl methyl sites for hydroxylation is 2. The Balaban J connectivity index is 0.00000225. The lowest BCUT2D eigenvalue weighted by atomic mass is 9.93. The monoisotopic (exact) mass is 363 g/mol. The fourth-order valence-corrected chi connectivity index (χ4v) is 3.38. The molecule has 0 saturated heterocycles. The van der Waals surface area contributed by atoms with Gasteiger partial charge in [-0.05, 0) is 72.8 Å². The first-order chi connectivity index (χ1) is 11.6. The van der Waals surface area contributed by atoms with E-state index in [0.717, 1.165) is 43.9 Å². The van der Waals surface area contributed by atoms with Crippen LogP contribution in [0.25, 0.3) is 0 Å². The molecule has 0 aromatic heterocycles. The zero-order valence-corrected chi connectivity index (χ0v) is 15.9. The summed E-state index contributed by atoms with van der Waals surface area (Å²) in [5, 5.41) is 9.78. The lowest BCUT2D eigenvalue weighted by Gasteiger charge is -2.23. The second kappa shape index (κ2) is 8.45. The number of phenols is 1. The fourth-order valence-electron chi connectivity index (χ4n) is 3.38. The van der Waals surface area contributed by atoms with Gasteiger partial charge in [0.15, 0.2) is 11.5 Å². The summed E-state index contributed by atoms with van der Waals surface area (Å²) >= 11 is 0. The van der Waals surface area contributed by atoms with Crippen molar-refractivity contribution in [3.8, 4) is 17.2 Å². The number of hydrogen-bond donors (Lipinski definition) is 1. The van der Waals surface area contributed by atoms with Crippen LogP contribution in [0.1, 0.15) is 22.3 Å². The maximum Gasteiger partial charge on any atom is 0.161 e. The topological polar surface area (TPSA) is 41.9 Å². The van der Waals surface area contributed by atoms with E-state index < -0.39 is 0 Å². The summed E-state index contributed by atoms with van der Waals surface area (Å²) in [5.74, 6) is 1.91. The summed E-state index contributed by atoms with van der Waals surface area (Å²) in [6, 6.07) is 9.94. The van der Waals surface area contributed by atoms with Gasteiger partial charge in [0.05, 0.1) is 14.2 Å². The third-order valence-electron chi connectivity index (χ3n) is 4.76. The Hall–Kier alpha value is -1.91. The Labute approximate surface area is 155 Å². The van der Waals surface area contributed by atoms with Gasteiger partial charge in [-0.1, -0.05) is 6.07 Å². The minimum atomic E-state index is 0. The number of benzene rings is 2. The first-order valence-electron chi connectivity index (χ1n) is 8.33. The SMILES string of the molecule is COc1cc2c(cc1OC)CN(C)CCc1cc(O)ccc1CC2.Cl. The highest BCUT2D eigenvalue weighted by atomic mass is 35.5. The summed E-state index contributed by atoms with van der Waals surface area (Å²) in [6.07, 6.45) is 2.85. The second-order valence-corrected chi connectivity index (χ2v) is 6.42. The first-order valence-corrected chi connectivity index (χ1v) is 8.33. The molecule has 136 valence electrons. The molecule has 1 aliphatic heterocycles. The zero-order chi connectivity index (χ0) is 17.1. The zero-order valence-electron chi connectivity index (χ0n) is 15.0. The highest BCUT2D eigenvalue weighted by Gasteiger charge is 2.16. The molecule has 1 heterocycles. The molecular formula is C20H26ClNO3. The summed E-state index contributed by atoms with van der Waals surface area (Å²) in [4.78, 5) is 2.31. The van der Waals surface area contributed by atoms with Gasteiger partial charge >= 0.3 is 0 Å². The van der Waals surface area contributed by atoms with Crippen molar-refractivity contribution in [2.45, 2.75) is 25.8 Å². The van der Waals surface area contributed by atoms with Crippen molar-refractivity contribution < 1.29 is 14.6 Å². The minimum absolute atomic E-state index is 0. The van der Waals surface area contributed by atoms with Gasteiger partial charge in [-0.2, -0.15) is 0 Å². The standard InChI is InChI=1S/C20H25NO3.ClH/c1-21-9-8-16-10-18(22)7-6-14(16)4-5-15-11-19(23-2)20(24-3)12-17(15)13-21;/h6-7,10-12,22H,4-5,8-9,13H2,1-3H3;1H. The van der Waals surface area contributed by atoms with Crippen LogP contribution in [0, 0.1) is 0 Å². The van der Waals surface area contributed by atoms with Gasteiger partial charge in [-0.15, -0.1) is 12.4 Å². The van der Waals surface area contributed by atoms with Crippen molar-refractivity contribution in [3.63, 3.8) is 0 Å². The molecule has 0 atom stereocenters. The third kappa shape index (κ3) is 4.39. The lowest BCUT2D eigenvalue weighted by Crippen LogP contribution is -2.23. The van der Waals surface area contributed by atoms with E-state index in [1.54, 1.807) is 20.3 Å². The number of fused-ring (bicyclic) bond motifs is 2. The van der Waals surface area contributed by atoms with Crippen LogP contribution in [0.3, 0.4) is 0 Å². The Bertz CT molecular complexity index is 733. The molecule has 0 radical (unpaired) electrons.